The van der Waals surface area contributed by atoms with Crippen LogP contribution in [0.3, 0.4) is 0 Å². The van der Waals surface area contributed by atoms with Crippen LogP contribution in [0.15, 0.2) is 0 Å². The van der Waals surface area contributed by atoms with E-state index in [0.29, 0.717) is 5.41 Å². The zero-order chi connectivity index (χ0) is 14.1. The molecule has 1 fully saturated rings. The largest absolute Gasteiger partial charge is 0.381 e. The number of hydrogen-bond acceptors (Lipinski definition) is 3. The second-order valence-corrected chi connectivity index (χ2v) is 6.09. The van der Waals surface area contributed by atoms with Gasteiger partial charge in [0.15, 0.2) is 0 Å². The van der Waals surface area contributed by atoms with Crippen molar-refractivity contribution in [1.82, 2.24) is 10.2 Å². The van der Waals surface area contributed by atoms with Gasteiger partial charge >= 0.3 is 0 Å². The van der Waals surface area contributed by atoms with Gasteiger partial charge in [0.2, 0.25) is 0 Å². The Balaban J connectivity index is 2.54. The molecule has 1 saturated heterocycles. The van der Waals surface area contributed by atoms with Crippen molar-refractivity contribution < 1.29 is 4.74 Å². The van der Waals surface area contributed by atoms with Crippen LogP contribution in [0.25, 0.3) is 0 Å². The van der Waals surface area contributed by atoms with E-state index in [2.05, 4.69) is 37.9 Å². The highest BCUT2D eigenvalue weighted by atomic mass is 16.5. The van der Waals surface area contributed by atoms with Gasteiger partial charge in [-0.1, -0.05) is 40.5 Å². The van der Waals surface area contributed by atoms with Crippen molar-refractivity contribution >= 4 is 0 Å². The quantitative estimate of drug-likeness (QED) is 0.660. The van der Waals surface area contributed by atoms with Gasteiger partial charge in [-0.25, -0.2) is 0 Å². The van der Waals surface area contributed by atoms with Gasteiger partial charge < -0.3 is 15.0 Å². The summed E-state index contributed by atoms with van der Waals surface area (Å²) in [5, 5.41) is 3.54. The van der Waals surface area contributed by atoms with Gasteiger partial charge in [-0.15, -0.1) is 0 Å². The summed E-state index contributed by atoms with van der Waals surface area (Å²) in [6, 6.07) is 0. The molecule has 0 aliphatic carbocycles. The van der Waals surface area contributed by atoms with Crippen LogP contribution in [0.5, 0.6) is 0 Å². The summed E-state index contributed by atoms with van der Waals surface area (Å²) in [6.07, 6.45) is 3.80. The van der Waals surface area contributed by atoms with E-state index >= 15 is 0 Å². The minimum atomic E-state index is 0.345. The smallest absolute Gasteiger partial charge is 0.0547 e. The monoisotopic (exact) mass is 270 g/mol. The molecule has 1 aliphatic rings. The van der Waals surface area contributed by atoms with E-state index in [1.54, 1.807) is 0 Å². The Bertz CT molecular complexity index is 223. The fourth-order valence-electron chi connectivity index (χ4n) is 3.05. The van der Waals surface area contributed by atoms with E-state index in [1.807, 2.05) is 0 Å². The standard InChI is InChI=1S/C16H34N2O/c1-5-15(6-2)11-18(8-4)13-16(12-17-7-3)9-10-19-14-16/h15,17H,5-14H2,1-4H3. The summed E-state index contributed by atoms with van der Waals surface area (Å²) in [6.45, 7) is 16.7. The van der Waals surface area contributed by atoms with Gasteiger partial charge in [0, 0.05) is 31.7 Å². The maximum absolute atomic E-state index is 5.69. The van der Waals surface area contributed by atoms with Crippen molar-refractivity contribution in [2.45, 2.75) is 47.0 Å². The third-order valence-corrected chi connectivity index (χ3v) is 4.61. The number of nitrogens with one attached hydrogen (secondary N) is 1. The fourth-order valence-corrected chi connectivity index (χ4v) is 3.05. The molecule has 0 aromatic rings. The van der Waals surface area contributed by atoms with Crippen molar-refractivity contribution in [2.24, 2.45) is 11.3 Å². The molecule has 0 spiro atoms. The summed E-state index contributed by atoms with van der Waals surface area (Å²) in [4.78, 5) is 2.64. The highest BCUT2D eigenvalue weighted by molar-refractivity contribution is 4.88. The Kier molecular flexibility index (Phi) is 7.96. The SMILES string of the molecule is CCNCC1(CN(CC)CC(CC)CC)CCOC1. The van der Waals surface area contributed by atoms with Gasteiger partial charge in [0.05, 0.1) is 6.61 Å². The average molecular weight is 270 g/mol. The highest BCUT2D eigenvalue weighted by Gasteiger charge is 2.36. The first-order valence-electron chi connectivity index (χ1n) is 8.20. The second kappa shape index (κ2) is 8.93. The predicted molar refractivity (Wildman–Crippen MR) is 82.6 cm³/mol. The van der Waals surface area contributed by atoms with Crippen LogP contribution in [0, 0.1) is 11.3 Å². The number of rotatable bonds is 10. The first-order valence-corrected chi connectivity index (χ1v) is 8.20. The average Bonchev–Trinajstić information content (AvgIpc) is 2.90. The van der Waals surface area contributed by atoms with E-state index in [9.17, 15) is 0 Å². The van der Waals surface area contributed by atoms with E-state index in [1.165, 1.54) is 32.4 Å². The van der Waals surface area contributed by atoms with Crippen LogP contribution in [-0.2, 0) is 4.74 Å². The Morgan fingerprint density at radius 3 is 2.42 bits per heavy atom. The van der Waals surface area contributed by atoms with Crippen molar-refractivity contribution in [2.75, 3.05) is 45.9 Å². The Hall–Kier alpha value is -0.120. The first-order chi connectivity index (χ1) is 9.19. The molecule has 1 N–H and O–H groups in total. The third kappa shape index (κ3) is 5.41. The topological polar surface area (TPSA) is 24.5 Å². The van der Waals surface area contributed by atoms with Crippen molar-refractivity contribution in [3.05, 3.63) is 0 Å². The van der Waals surface area contributed by atoms with Crippen LogP contribution in [0.1, 0.15) is 47.0 Å². The van der Waals surface area contributed by atoms with Gasteiger partial charge in [-0.3, -0.25) is 0 Å². The fraction of sp³-hybridized carbons (Fsp3) is 1.00. The lowest BCUT2D eigenvalue weighted by molar-refractivity contribution is 0.102. The minimum Gasteiger partial charge on any atom is -0.381 e. The van der Waals surface area contributed by atoms with Gasteiger partial charge in [-0.2, -0.15) is 0 Å². The first kappa shape index (κ1) is 16.9. The summed E-state index contributed by atoms with van der Waals surface area (Å²) >= 11 is 0. The molecule has 19 heavy (non-hydrogen) atoms. The number of hydrogen-bond donors (Lipinski definition) is 1. The molecule has 0 amide bonds. The molecule has 0 aromatic carbocycles. The number of ether oxygens (including phenoxy) is 1. The highest BCUT2D eigenvalue weighted by Crippen LogP contribution is 2.29. The molecule has 3 nitrogen and oxygen atoms in total. The lowest BCUT2D eigenvalue weighted by Gasteiger charge is -2.35. The maximum atomic E-state index is 5.69. The third-order valence-electron chi connectivity index (χ3n) is 4.61. The van der Waals surface area contributed by atoms with Crippen LogP contribution < -0.4 is 5.32 Å². The lowest BCUT2D eigenvalue weighted by atomic mass is 9.86. The van der Waals surface area contributed by atoms with E-state index in [0.717, 1.165) is 38.8 Å². The number of nitrogens with zero attached hydrogens (tertiary/aromatic N) is 1. The predicted octanol–water partition coefficient (Wildman–Crippen LogP) is 2.76. The zero-order valence-electron chi connectivity index (χ0n) is 13.5. The van der Waals surface area contributed by atoms with Crippen molar-refractivity contribution in [1.29, 1.82) is 0 Å². The van der Waals surface area contributed by atoms with Crippen molar-refractivity contribution in [3.63, 3.8) is 0 Å². The van der Waals surface area contributed by atoms with E-state index in [-0.39, 0.29) is 0 Å². The summed E-state index contributed by atoms with van der Waals surface area (Å²) in [5.41, 5.74) is 0.345. The lowest BCUT2D eigenvalue weighted by Crippen LogP contribution is -2.46. The van der Waals surface area contributed by atoms with Crippen LogP contribution in [0.4, 0.5) is 0 Å². The molecular weight excluding hydrogens is 236 g/mol. The van der Waals surface area contributed by atoms with Crippen LogP contribution >= 0.6 is 0 Å². The Morgan fingerprint density at radius 2 is 1.95 bits per heavy atom. The second-order valence-electron chi connectivity index (χ2n) is 6.09. The van der Waals surface area contributed by atoms with Gasteiger partial charge in [0.1, 0.15) is 0 Å². The molecule has 0 bridgehead atoms. The summed E-state index contributed by atoms with van der Waals surface area (Å²) in [7, 11) is 0. The van der Waals surface area contributed by atoms with Crippen LogP contribution in [-0.4, -0.2) is 50.8 Å². The van der Waals surface area contributed by atoms with E-state index < -0.39 is 0 Å². The molecule has 0 aromatic heterocycles. The molecule has 1 rings (SSSR count). The minimum absolute atomic E-state index is 0.345. The maximum Gasteiger partial charge on any atom is 0.0547 e. The van der Waals surface area contributed by atoms with Crippen LogP contribution in [0.2, 0.25) is 0 Å². The van der Waals surface area contributed by atoms with E-state index in [4.69, 9.17) is 4.74 Å². The molecule has 1 unspecified atom stereocenters. The molecule has 1 aliphatic heterocycles. The van der Waals surface area contributed by atoms with Crippen molar-refractivity contribution in [3.8, 4) is 0 Å². The Morgan fingerprint density at radius 1 is 1.21 bits per heavy atom. The molecule has 1 atom stereocenters. The normalized spacial score (nSPS) is 23.7. The summed E-state index contributed by atoms with van der Waals surface area (Å²) < 4.78 is 5.69. The van der Waals surface area contributed by atoms with Gasteiger partial charge in [0.25, 0.3) is 0 Å². The molecule has 1 heterocycles. The Labute approximate surface area is 120 Å². The molecule has 0 saturated carbocycles. The molecule has 114 valence electrons. The molecular formula is C16H34N2O. The molecule has 0 radical (unpaired) electrons. The summed E-state index contributed by atoms with van der Waals surface area (Å²) in [5.74, 6) is 0.846. The molecule has 3 heteroatoms. The van der Waals surface area contributed by atoms with Gasteiger partial charge in [-0.05, 0) is 25.4 Å². The zero-order valence-corrected chi connectivity index (χ0v) is 13.5.